The summed E-state index contributed by atoms with van der Waals surface area (Å²) in [5.41, 5.74) is 4.49. The molecule has 0 bridgehead atoms. The van der Waals surface area contributed by atoms with Gasteiger partial charge in [-0.25, -0.2) is 0 Å². The van der Waals surface area contributed by atoms with Gasteiger partial charge in [0.1, 0.15) is 0 Å². The number of hydrogen-bond donors (Lipinski definition) is 1. The van der Waals surface area contributed by atoms with Crippen molar-refractivity contribution < 1.29 is 4.74 Å². The van der Waals surface area contributed by atoms with Gasteiger partial charge in [0.25, 0.3) is 0 Å². The molecule has 1 atom stereocenters. The van der Waals surface area contributed by atoms with Gasteiger partial charge in [-0.05, 0) is 43.4 Å². The van der Waals surface area contributed by atoms with E-state index in [0.29, 0.717) is 6.04 Å². The molecular weight excluding hydrogens is 198 g/mol. The van der Waals surface area contributed by atoms with Gasteiger partial charge >= 0.3 is 0 Å². The van der Waals surface area contributed by atoms with Gasteiger partial charge in [0.2, 0.25) is 0 Å². The summed E-state index contributed by atoms with van der Waals surface area (Å²) < 4.78 is 5.34. The Labute approximate surface area is 98.0 Å². The topological polar surface area (TPSA) is 21.3 Å². The van der Waals surface area contributed by atoms with Gasteiger partial charge in [-0.3, -0.25) is 0 Å². The highest BCUT2D eigenvalue weighted by Crippen LogP contribution is 2.32. The predicted octanol–water partition coefficient (Wildman–Crippen LogP) is 2.61. The predicted molar refractivity (Wildman–Crippen MR) is 66.7 cm³/mol. The monoisotopic (exact) mass is 219 g/mol. The lowest BCUT2D eigenvalue weighted by Crippen LogP contribution is -2.23. The van der Waals surface area contributed by atoms with E-state index in [1.807, 2.05) is 6.92 Å². The number of hydrogen-bond acceptors (Lipinski definition) is 2. The Balaban J connectivity index is 1.93. The van der Waals surface area contributed by atoms with Crippen LogP contribution in [0.2, 0.25) is 0 Å². The summed E-state index contributed by atoms with van der Waals surface area (Å²) in [7, 11) is 0. The third-order valence-electron chi connectivity index (χ3n) is 3.35. The largest absolute Gasteiger partial charge is 0.380 e. The third-order valence-corrected chi connectivity index (χ3v) is 3.35. The Hall–Kier alpha value is -0.860. The van der Waals surface area contributed by atoms with Crippen molar-refractivity contribution in [3.63, 3.8) is 0 Å². The summed E-state index contributed by atoms with van der Waals surface area (Å²) in [5, 5.41) is 3.57. The summed E-state index contributed by atoms with van der Waals surface area (Å²) in [4.78, 5) is 0. The molecule has 0 saturated carbocycles. The molecule has 1 aromatic carbocycles. The van der Waals surface area contributed by atoms with Gasteiger partial charge in [0, 0.05) is 19.2 Å². The van der Waals surface area contributed by atoms with E-state index >= 15 is 0 Å². The fraction of sp³-hybridized carbons (Fsp3) is 0.571. The highest BCUT2D eigenvalue weighted by Gasteiger charge is 2.22. The summed E-state index contributed by atoms with van der Waals surface area (Å²) in [6, 6.07) is 7.17. The molecule has 1 aromatic rings. The lowest BCUT2D eigenvalue weighted by molar-refractivity contribution is 0.147. The van der Waals surface area contributed by atoms with E-state index < -0.39 is 0 Å². The molecule has 0 saturated heterocycles. The minimum absolute atomic E-state index is 0.537. The molecular formula is C14H21NO. The fourth-order valence-corrected chi connectivity index (χ4v) is 2.50. The van der Waals surface area contributed by atoms with E-state index in [0.717, 1.165) is 19.8 Å². The van der Waals surface area contributed by atoms with Gasteiger partial charge in [0.05, 0.1) is 6.61 Å². The molecule has 0 fully saturated rings. The average Bonchev–Trinajstić information content (AvgIpc) is 2.70. The highest BCUT2D eigenvalue weighted by atomic mass is 16.5. The first-order valence-corrected chi connectivity index (χ1v) is 6.22. The number of fused-ring (bicyclic) bond motifs is 1. The fourth-order valence-electron chi connectivity index (χ4n) is 2.50. The van der Waals surface area contributed by atoms with Crippen LogP contribution in [0.4, 0.5) is 0 Å². The highest BCUT2D eigenvalue weighted by molar-refractivity contribution is 5.40. The molecule has 1 aliphatic carbocycles. The van der Waals surface area contributed by atoms with Crippen LogP contribution in [0.15, 0.2) is 18.2 Å². The molecule has 88 valence electrons. The Morgan fingerprint density at radius 2 is 2.31 bits per heavy atom. The second-order valence-corrected chi connectivity index (χ2v) is 4.38. The second kappa shape index (κ2) is 5.46. The number of rotatable bonds is 5. The zero-order valence-corrected chi connectivity index (χ0v) is 10.3. The zero-order valence-electron chi connectivity index (χ0n) is 10.3. The van der Waals surface area contributed by atoms with Crippen LogP contribution in [-0.4, -0.2) is 19.8 Å². The van der Waals surface area contributed by atoms with Crippen LogP contribution in [0.1, 0.15) is 36.1 Å². The molecule has 1 aliphatic rings. The third kappa shape index (κ3) is 2.45. The number of ether oxygens (including phenoxy) is 1. The van der Waals surface area contributed by atoms with Crippen LogP contribution in [0.25, 0.3) is 0 Å². The molecule has 1 N–H and O–H groups in total. The zero-order chi connectivity index (χ0) is 11.4. The smallest absolute Gasteiger partial charge is 0.0590 e. The van der Waals surface area contributed by atoms with E-state index in [1.54, 1.807) is 5.56 Å². The minimum Gasteiger partial charge on any atom is -0.380 e. The first-order valence-electron chi connectivity index (χ1n) is 6.22. The lowest BCUT2D eigenvalue weighted by Gasteiger charge is -2.14. The lowest BCUT2D eigenvalue weighted by atomic mass is 10.0. The van der Waals surface area contributed by atoms with Crippen LogP contribution < -0.4 is 5.32 Å². The summed E-state index contributed by atoms with van der Waals surface area (Å²) in [6.45, 7) is 6.82. The van der Waals surface area contributed by atoms with E-state index in [4.69, 9.17) is 4.74 Å². The van der Waals surface area contributed by atoms with E-state index in [9.17, 15) is 0 Å². The molecule has 16 heavy (non-hydrogen) atoms. The maximum atomic E-state index is 5.34. The quantitative estimate of drug-likeness (QED) is 0.769. The van der Waals surface area contributed by atoms with E-state index in [1.165, 1.54) is 24.0 Å². The summed E-state index contributed by atoms with van der Waals surface area (Å²) in [5.74, 6) is 0. The van der Waals surface area contributed by atoms with Crippen molar-refractivity contribution in [2.24, 2.45) is 0 Å². The molecule has 0 spiro atoms. The van der Waals surface area contributed by atoms with Crippen LogP contribution in [0.3, 0.4) is 0 Å². The first-order chi connectivity index (χ1) is 7.83. The van der Waals surface area contributed by atoms with E-state index in [2.05, 4.69) is 30.4 Å². The molecule has 1 unspecified atom stereocenters. The maximum absolute atomic E-state index is 5.34. The molecule has 0 aromatic heterocycles. The molecule has 2 nitrogen and oxygen atoms in total. The van der Waals surface area contributed by atoms with Crippen molar-refractivity contribution in [3.8, 4) is 0 Å². The van der Waals surface area contributed by atoms with Crippen LogP contribution in [0.5, 0.6) is 0 Å². The molecule has 0 heterocycles. The summed E-state index contributed by atoms with van der Waals surface area (Å²) >= 11 is 0. The average molecular weight is 219 g/mol. The SMILES string of the molecule is CCOCCNC1CCc2c(C)cccc21. The molecule has 2 heteroatoms. The van der Waals surface area contributed by atoms with Crippen molar-refractivity contribution in [3.05, 3.63) is 34.9 Å². The number of nitrogens with one attached hydrogen (secondary N) is 1. The van der Waals surface area contributed by atoms with Crippen molar-refractivity contribution in [2.75, 3.05) is 19.8 Å². The Bertz CT molecular complexity index is 349. The Morgan fingerprint density at radius 1 is 1.44 bits per heavy atom. The maximum Gasteiger partial charge on any atom is 0.0590 e. The minimum atomic E-state index is 0.537. The van der Waals surface area contributed by atoms with Crippen molar-refractivity contribution in [2.45, 2.75) is 32.7 Å². The second-order valence-electron chi connectivity index (χ2n) is 4.38. The van der Waals surface area contributed by atoms with Crippen LogP contribution in [-0.2, 0) is 11.2 Å². The molecule has 0 radical (unpaired) electrons. The first kappa shape index (κ1) is 11.6. The summed E-state index contributed by atoms with van der Waals surface area (Å²) in [6.07, 6.45) is 2.45. The van der Waals surface area contributed by atoms with E-state index in [-0.39, 0.29) is 0 Å². The van der Waals surface area contributed by atoms with Gasteiger partial charge in [-0.2, -0.15) is 0 Å². The Morgan fingerprint density at radius 3 is 3.12 bits per heavy atom. The van der Waals surface area contributed by atoms with Crippen LogP contribution in [0, 0.1) is 6.92 Å². The van der Waals surface area contributed by atoms with Crippen molar-refractivity contribution in [1.29, 1.82) is 0 Å². The Kier molecular flexibility index (Phi) is 3.97. The van der Waals surface area contributed by atoms with Crippen molar-refractivity contribution in [1.82, 2.24) is 5.32 Å². The van der Waals surface area contributed by atoms with Gasteiger partial charge in [-0.1, -0.05) is 18.2 Å². The standard InChI is InChI=1S/C14H21NO/c1-3-16-10-9-15-14-8-7-12-11(2)5-4-6-13(12)14/h4-6,14-15H,3,7-10H2,1-2H3. The van der Waals surface area contributed by atoms with Gasteiger partial charge < -0.3 is 10.1 Å². The van der Waals surface area contributed by atoms with Gasteiger partial charge in [-0.15, -0.1) is 0 Å². The number of aryl methyl sites for hydroxylation is 1. The van der Waals surface area contributed by atoms with Gasteiger partial charge in [0.15, 0.2) is 0 Å². The number of benzene rings is 1. The normalized spacial score (nSPS) is 18.8. The van der Waals surface area contributed by atoms with Crippen LogP contribution >= 0.6 is 0 Å². The molecule has 0 amide bonds. The molecule has 2 rings (SSSR count). The van der Waals surface area contributed by atoms with Crippen molar-refractivity contribution >= 4 is 0 Å². The molecule has 0 aliphatic heterocycles.